The Morgan fingerprint density at radius 1 is 1.44 bits per heavy atom. The van der Waals surface area contributed by atoms with Crippen molar-refractivity contribution in [3.63, 3.8) is 0 Å². The molecule has 1 N–H and O–H groups in total. The van der Waals surface area contributed by atoms with Gasteiger partial charge >= 0.3 is 0 Å². The number of anilines is 1. The first-order valence-corrected chi connectivity index (χ1v) is 5.05. The molecule has 0 aromatic heterocycles. The fourth-order valence-electron chi connectivity index (χ4n) is 1.48. The van der Waals surface area contributed by atoms with Crippen molar-refractivity contribution in [2.24, 2.45) is 0 Å². The topological polar surface area (TPSA) is 54.3 Å². The normalized spacial score (nSPS) is 11.6. The number of para-hydroxylation sites is 1. The van der Waals surface area contributed by atoms with Gasteiger partial charge in [-0.3, -0.25) is 0 Å². The van der Waals surface area contributed by atoms with Crippen molar-refractivity contribution in [3.8, 4) is 11.8 Å². The van der Waals surface area contributed by atoms with Gasteiger partial charge in [-0.1, -0.05) is 6.07 Å². The molecule has 86 valence electrons. The fourth-order valence-corrected chi connectivity index (χ4v) is 1.48. The predicted octanol–water partition coefficient (Wildman–Crippen LogP) is 2.01. The summed E-state index contributed by atoms with van der Waals surface area (Å²) in [5.41, 5.74) is 1.29. The Morgan fingerprint density at radius 2 is 2.19 bits per heavy atom. The van der Waals surface area contributed by atoms with Crippen molar-refractivity contribution < 1.29 is 9.47 Å². The number of rotatable bonds is 5. The molecule has 0 fully saturated rings. The number of hydrogen-bond donors (Lipinski definition) is 1. The number of hydrogen-bond acceptors (Lipinski definition) is 4. The van der Waals surface area contributed by atoms with Crippen LogP contribution in [-0.4, -0.2) is 26.9 Å². The van der Waals surface area contributed by atoms with Crippen molar-refractivity contribution >= 4 is 5.69 Å². The van der Waals surface area contributed by atoms with E-state index in [9.17, 15) is 0 Å². The zero-order valence-corrected chi connectivity index (χ0v) is 9.78. The minimum Gasteiger partial charge on any atom is -0.495 e. The van der Waals surface area contributed by atoms with Gasteiger partial charge in [0.1, 0.15) is 11.8 Å². The Hall–Kier alpha value is -1.73. The third kappa shape index (κ3) is 2.88. The van der Waals surface area contributed by atoms with Crippen LogP contribution in [0.5, 0.6) is 5.75 Å². The first-order chi connectivity index (χ1) is 7.72. The molecular formula is C12H16N2O2. The quantitative estimate of drug-likeness (QED) is 0.824. The van der Waals surface area contributed by atoms with Gasteiger partial charge in [-0.25, -0.2) is 0 Å². The molecule has 4 nitrogen and oxygen atoms in total. The number of methoxy groups -OCH3 is 2. The van der Waals surface area contributed by atoms with Crippen molar-refractivity contribution in [3.05, 3.63) is 23.8 Å². The van der Waals surface area contributed by atoms with Gasteiger partial charge in [0.2, 0.25) is 0 Å². The first-order valence-electron chi connectivity index (χ1n) is 5.05. The molecule has 1 rings (SSSR count). The average molecular weight is 220 g/mol. The third-order valence-electron chi connectivity index (χ3n) is 2.17. The molecule has 0 amide bonds. The highest BCUT2D eigenvalue weighted by atomic mass is 16.5. The number of nitriles is 1. The Balaban J connectivity index is 2.96. The maximum Gasteiger partial charge on any atom is 0.143 e. The summed E-state index contributed by atoms with van der Waals surface area (Å²) in [5, 5.41) is 12.2. The fraction of sp³-hybridized carbons (Fsp3) is 0.417. The van der Waals surface area contributed by atoms with Crippen LogP contribution in [0.3, 0.4) is 0 Å². The molecule has 0 heterocycles. The van der Waals surface area contributed by atoms with Crippen molar-refractivity contribution in [2.75, 3.05) is 26.1 Å². The molecule has 1 aromatic carbocycles. The van der Waals surface area contributed by atoms with Crippen LogP contribution in [0.2, 0.25) is 0 Å². The predicted molar refractivity (Wildman–Crippen MR) is 62.7 cm³/mol. The van der Waals surface area contributed by atoms with E-state index in [1.807, 2.05) is 13.0 Å². The Bertz CT molecular complexity index is 385. The minimum absolute atomic E-state index is 0.119. The van der Waals surface area contributed by atoms with Gasteiger partial charge in [0.05, 0.1) is 25.0 Å². The lowest BCUT2D eigenvalue weighted by atomic mass is 10.1. The SMILES string of the molecule is COCC(C)Nc1c(C#N)cccc1OC. The van der Waals surface area contributed by atoms with Gasteiger partial charge < -0.3 is 14.8 Å². The molecule has 0 radical (unpaired) electrons. The molecule has 0 saturated heterocycles. The lowest BCUT2D eigenvalue weighted by Crippen LogP contribution is -2.21. The van der Waals surface area contributed by atoms with Crippen LogP contribution >= 0.6 is 0 Å². The molecule has 0 aliphatic carbocycles. The zero-order chi connectivity index (χ0) is 12.0. The number of benzene rings is 1. The highest BCUT2D eigenvalue weighted by Crippen LogP contribution is 2.28. The summed E-state index contributed by atoms with van der Waals surface area (Å²) < 4.78 is 10.2. The molecule has 0 aliphatic rings. The molecule has 0 aliphatic heterocycles. The van der Waals surface area contributed by atoms with Gasteiger partial charge in [-0.2, -0.15) is 5.26 Å². The lowest BCUT2D eigenvalue weighted by molar-refractivity contribution is 0.190. The lowest BCUT2D eigenvalue weighted by Gasteiger charge is -2.17. The van der Waals surface area contributed by atoms with Crippen LogP contribution in [-0.2, 0) is 4.74 Å². The van der Waals surface area contributed by atoms with Crippen LogP contribution in [0.25, 0.3) is 0 Å². The Labute approximate surface area is 95.8 Å². The van der Waals surface area contributed by atoms with E-state index in [0.717, 1.165) is 5.69 Å². The van der Waals surface area contributed by atoms with E-state index in [0.29, 0.717) is 17.9 Å². The average Bonchev–Trinajstić information content (AvgIpc) is 2.29. The zero-order valence-electron chi connectivity index (χ0n) is 9.78. The Kier molecular flexibility index (Phi) is 4.62. The summed E-state index contributed by atoms with van der Waals surface area (Å²) in [5.74, 6) is 0.669. The second-order valence-corrected chi connectivity index (χ2v) is 3.50. The van der Waals surface area contributed by atoms with E-state index in [2.05, 4.69) is 11.4 Å². The van der Waals surface area contributed by atoms with E-state index in [-0.39, 0.29) is 6.04 Å². The number of nitrogens with zero attached hydrogens (tertiary/aromatic N) is 1. The number of ether oxygens (including phenoxy) is 2. The molecule has 1 atom stereocenters. The van der Waals surface area contributed by atoms with Gasteiger partial charge in [-0.15, -0.1) is 0 Å². The maximum absolute atomic E-state index is 9.00. The van der Waals surface area contributed by atoms with Gasteiger partial charge in [0, 0.05) is 13.2 Å². The summed E-state index contributed by atoms with van der Waals surface area (Å²) in [6.45, 7) is 2.56. The minimum atomic E-state index is 0.119. The van der Waals surface area contributed by atoms with Crippen molar-refractivity contribution in [1.29, 1.82) is 5.26 Å². The van der Waals surface area contributed by atoms with E-state index in [1.165, 1.54) is 0 Å². The van der Waals surface area contributed by atoms with E-state index >= 15 is 0 Å². The van der Waals surface area contributed by atoms with Crippen LogP contribution in [0.1, 0.15) is 12.5 Å². The van der Waals surface area contributed by atoms with Crippen LogP contribution in [0, 0.1) is 11.3 Å². The molecular weight excluding hydrogens is 204 g/mol. The van der Waals surface area contributed by atoms with Crippen molar-refractivity contribution in [2.45, 2.75) is 13.0 Å². The van der Waals surface area contributed by atoms with E-state index in [4.69, 9.17) is 14.7 Å². The summed E-state index contributed by atoms with van der Waals surface area (Å²) in [4.78, 5) is 0. The van der Waals surface area contributed by atoms with Gasteiger partial charge in [-0.05, 0) is 19.1 Å². The van der Waals surface area contributed by atoms with Crippen LogP contribution in [0.4, 0.5) is 5.69 Å². The third-order valence-corrected chi connectivity index (χ3v) is 2.17. The molecule has 0 saturated carbocycles. The van der Waals surface area contributed by atoms with Crippen molar-refractivity contribution in [1.82, 2.24) is 0 Å². The van der Waals surface area contributed by atoms with E-state index in [1.54, 1.807) is 26.4 Å². The first kappa shape index (κ1) is 12.3. The molecule has 0 spiro atoms. The summed E-state index contributed by atoms with van der Waals surface area (Å²) >= 11 is 0. The largest absolute Gasteiger partial charge is 0.495 e. The standard InChI is InChI=1S/C12H16N2O2/c1-9(8-15-2)14-12-10(7-13)5-4-6-11(12)16-3/h4-6,9,14H,8H2,1-3H3. The maximum atomic E-state index is 9.00. The molecule has 4 heteroatoms. The molecule has 0 bridgehead atoms. The molecule has 1 aromatic rings. The van der Waals surface area contributed by atoms with Gasteiger partial charge in [0.15, 0.2) is 0 Å². The van der Waals surface area contributed by atoms with Crippen LogP contribution < -0.4 is 10.1 Å². The summed E-state index contributed by atoms with van der Waals surface area (Å²) in [7, 11) is 3.23. The molecule has 1 unspecified atom stereocenters. The second kappa shape index (κ2) is 5.99. The smallest absolute Gasteiger partial charge is 0.143 e. The second-order valence-electron chi connectivity index (χ2n) is 3.50. The summed E-state index contributed by atoms with van der Waals surface area (Å²) in [6, 6.07) is 7.62. The summed E-state index contributed by atoms with van der Waals surface area (Å²) in [6.07, 6.45) is 0. The highest BCUT2D eigenvalue weighted by Gasteiger charge is 2.11. The van der Waals surface area contributed by atoms with Gasteiger partial charge in [0.25, 0.3) is 0 Å². The highest BCUT2D eigenvalue weighted by molar-refractivity contribution is 5.66. The van der Waals surface area contributed by atoms with E-state index < -0.39 is 0 Å². The van der Waals surface area contributed by atoms with Crippen LogP contribution in [0.15, 0.2) is 18.2 Å². The molecule has 16 heavy (non-hydrogen) atoms. The Morgan fingerprint density at radius 3 is 2.75 bits per heavy atom. The number of nitrogens with one attached hydrogen (secondary N) is 1. The monoisotopic (exact) mass is 220 g/mol.